The molecule has 2 radical (unpaired) electrons. The van der Waals surface area contributed by atoms with Crippen LogP contribution in [-0.2, 0) is 5.44 Å². The second-order valence-electron chi connectivity index (χ2n) is 12.0. The predicted molar refractivity (Wildman–Crippen MR) is 162 cm³/mol. The largest absolute Gasteiger partial charge is 0.383 e. The smallest absolute Gasteiger partial charge is 0.123 e. The molecule has 0 bridgehead atoms. The molecule has 1 unspecified atom stereocenters. The van der Waals surface area contributed by atoms with Crippen molar-refractivity contribution >= 4 is 30.1 Å². The molecule has 2 aromatic carbocycles. The van der Waals surface area contributed by atoms with Crippen molar-refractivity contribution in [2.24, 2.45) is 5.41 Å². The highest BCUT2D eigenvalue weighted by Gasteiger charge is 2.38. The molecule has 1 aliphatic heterocycles. The summed E-state index contributed by atoms with van der Waals surface area (Å²) in [5, 5.41) is 27.8. The van der Waals surface area contributed by atoms with Crippen molar-refractivity contribution in [3.63, 3.8) is 0 Å². The Morgan fingerprint density at radius 3 is 2.57 bits per heavy atom. The molecule has 11 heteroatoms. The average molecular weight is 559 g/mol. The van der Waals surface area contributed by atoms with Gasteiger partial charge in [0, 0.05) is 47.2 Å². The number of halogens is 1. The van der Waals surface area contributed by atoms with Crippen LogP contribution >= 0.6 is 0 Å². The van der Waals surface area contributed by atoms with Crippen LogP contribution in [0.15, 0.2) is 73.0 Å². The highest BCUT2D eigenvalue weighted by Crippen LogP contribution is 2.39. The van der Waals surface area contributed by atoms with Crippen LogP contribution in [0.4, 0.5) is 15.8 Å². The standard InChI is InChI=1S/C31H31BFN9/c1-30(2,3)18-36-28-20(14-34)15-35-29-25(19-10-11-37-38-16-19)12-23(13-26(28)29)39-31(32,21-4-6-22(33)7-5-21)27-17-42(41-40-27)24-8-9-24/h4-7,10-13,15-17,24,39-41H,8-9,18H2,1-3H3,(H,35,36). The molecule has 9 nitrogen and oxygen atoms in total. The van der Waals surface area contributed by atoms with Crippen molar-refractivity contribution in [2.75, 3.05) is 17.2 Å². The second kappa shape index (κ2) is 10.6. The van der Waals surface area contributed by atoms with Gasteiger partial charge < -0.3 is 16.1 Å². The monoisotopic (exact) mass is 559 g/mol. The third kappa shape index (κ3) is 5.45. The lowest BCUT2D eigenvalue weighted by atomic mass is 9.69. The van der Waals surface area contributed by atoms with Gasteiger partial charge in [-0.25, -0.2) is 4.39 Å². The summed E-state index contributed by atoms with van der Waals surface area (Å²) in [6.07, 6.45) is 9.03. The molecule has 1 atom stereocenters. The van der Waals surface area contributed by atoms with E-state index in [0.717, 1.165) is 29.4 Å². The molecular formula is C31H31BFN9. The molecule has 0 spiro atoms. The first-order valence-electron chi connectivity index (χ1n) is 13.9. The van der Waals surface area contributed by atoms with Crippen LogP contribution in [0.1, 0.15) is 44.7 Å². The Morgan fingerprint density at radius 2 is 1.90 bits per heavy atom. The van der Waals surface area contributed by atoms with Gasteiger partial charge in [0.05, 0.1) is 40.3 Å². The Morgan fingerprint density at radius 1 is 1.12 bits per heavy atom. The number of pyridine rings is 1. The van der Waals surface area contributed by atoms with Gasteiger partial charge in [-0.05, 0) is 54.2 Å². The summed E-state index contributed by atoms with van der Waals surface area (Å²) >= 11 is 0. The highest BCUT2D eigenvalue weighted by molar-refractivity contribution is 6.19. The van der Waals surface area contributed by atoms with Crippen molar-refractivity contribution < 1.29 is 4.39 Å². The fourth-order valence-corrected chi connectivity index (χ4v) is 4.99. The molecular weight excluding hydrogens is 528 g/mol. The van der Waals surface area contributed by atoms with Gasteiger partial charge in [0.25, 0.3) is 0 Å². The zero-order chi connectivity index (χ0) is 29.5. The average Bonchev–Trinajstić information content (AvgIpc) is 3.71. The van der Waals surface area contributed by atoms with Gasteiger partial charge in [0.1, 0.15) is 19.7 Å². The van der Waals surface area contributed by atoms with E-state index in [1.807, 2.05) is 29.4 Å². The Kier molecular flexibility index (Phi) is 6.95. The lowest BCUT2D eigenvalue weighted by Gasteiger charge is -2.34. The van der Waals surface area contributed by atoms with Gasteiger partial charge in [-0.3, -0.25) is 9.99 Å². The van der Waals surface area contributed by atoms with E-state index in [-0.39, 0.29) is 11.2 Å². The fraction of sp³-hybridized carbons (Fsp3) is 0.290. The van der Waals surface area contributed by atoms with Gasteiger partial charge in [0.2, 0.25) is 0 Å². The van der Waals surface area contributed by atoms with Crippen molar-refractivity contribution in [1.29, 1.82) is 5.26 Å². The van der Waals surface area contributed by atoms with Crippen LogP contribution in [0.2, 0.25) is 0 Å². The van der Waals surface area contributed by atoms with E-state index in [4.69, 9.17) is 12.8 Å². The zero-order valence-corrected chi connectivity index (χ0v) is 23.7. The maximum Gasteiger partial charge on any atom is 0.123 e. The first kappa shape index (κ1) is 27.5. The molecule has 1 saturated carbocycles. The maximum atomic E-state index is 14.0. The number of hydrogen-bond donors (Lipinski definition) is 4. The number of hydrazine groups is 2. The first-order valence-corrected chi connectivity index (χ1v) is 13.9. The number of benzene rings is 2. The molecule has 0 amide bonds. The molecule has 4 aromatic rings. The van der Waals surface area contributed by atoms with Crippen molar-refractivity contribution in [1.82, 2.24) is 31.2 Å². The van der Waals surface area contributed by atoms with E-state index in [2.05, 4.69) is 58.6 Å². The molecule has 1 aliphatic carbocycles. The van der Waals surface area contributed by atoms with Gasteiger partial charge >= 0.3 is 0 Å². The minimum Gasteiger partial charge on any atom is -0.383 e. The molecule has 3 heterocycles. The predicted octanol–water partition coefficient (Wildman–Crippen LogP) is 4.92. The molecule has 4 N–H and O–H groups in total. The summed E-state index contributed by atoms with van der Waals surface area (Å²) in [6.45, 7) is 7.02. The number of nitriles is 1. The number of nitrogens with zero attached hydrogens (tertiary/aromatic N) is 5. The summed E-state index contributed by atoms with van der Waals surface area (Å²) in [5.41, 5.74) is 10.5. The molecule has 210 valence electrons. The van der Waals surface area contributed by atoms with Gasteiger partial charge in [-0.15, -0.1) is 5.53 Å². The van der Waals surface area contributed by atoms with Crippen LogP contribution in [0.25, 0.3) is 22.0 Å². The van der Waals surface area contributed by atoms with E-state index in [1.165, 1.54) is 12.1 Å². The van der Waals surface area contributed by atoms with Crippen LogP contribution in [-0.4, -0.2) is 40.6 Å². The van der Waals surface area contributed by atoms with E-state index < -0.39 is 5.44 Å². The van der Waals surface area contributed by atoms with Gasteiger partial charge in [-0.1, -0.05) is 32.9 Å². The minimum atomic E-state index is -1.27. The SMILES string of the molecule is [B]C(Nc1cc(-c2ccnnc2)c2ncc(C#N)c(NCC(C)(C)C)c2c1)(C1=CN(C2CC2)NN1)c1ccc(F)cc1. The first-order chi connectivity index (χ1) is 20.1. The third-order valence-corrected chi connectivity index (χ3v) is 7.38. The van der Waals surface area contributed by atoms with E-state index in [9.17, 15) is 9.65 Å². The quantitative estimate of drug-likeness (QED) is 0.223. The topological polar surface area (TPSA) is 114 Å². The molecule has 2 aliphatic rings. The maximum absolute atomic E-state index is 14.0. The molecule has 2 aromatic heterocycles. The van der Waals surface area contributed by atoms with E-state index in [0.29, 0.717) is 46.3 Å². The molecule has 6 rings (SSSR count). The number of aromatic nitrogens is 3. The third-order valence-electron chi connectivity index (χ3n) is 7.38. The summed E-state index contributed by atoms with van der Waals surface area (Å²) in [7, 11) is 7.20. The molecule has 0 saturated heterocycles. The number of hydrogen-bond acceptors (Lipinski definition) is 9. The summed E-state index contributed by atoms with van der Waals surface area (Å²) < 4.78 is 14.0. The van der Waals surface area contributed by atoms with Crippen molar-refractivity contribution in [2.45, 2.75) is 45.1 Å². The summed E-state index contributed by atoms with van der Waals surface area (Å²) in [4.78, 5) is 4.70. The van der Waals surface area contributed by atoms with Gasteiger partial charge in [0.15, 0.2) is 0 Å². The normalized spacial score (nSPS) is 16.4. The highest BCUT2D eigenvalue weighted by atomic mass is 19.1. The lowest BCUT2D eigenvalue weighted by Crippen LogP contribution is -2.45. The minimum absolute atomic E-state index is 0.0356. The Bertz CT molecular complexity index is 1690. The molecule has 42 heavy (non-hydrogen) atoms. The van der Waals surface area contributed by atoms with Crippen molar-refractivity contribution in [3.8, 4) is 17.2 Å². The van der Waals surface area contributed by atoms with Crippen LogP contribution in [0.5, 0.6) is 0 Å². The van der Waals surface area contributed by atoms with Crippen LogP contribution in [0.3, 0.4) is 0 Å². The Labute approximate surface area is 245 Å². The Hall–Kier alpha value is -4.69. The number of nitrogens with one attached hydrogen (secondary N) is 4. The second-order valence-corrected chi connectivity index (χ2v) is 12.0. The molecule has 1 fully saturated rings. The summed E-state index contributed by atoms with van der Waals surface area (Å²) in [6, 6.07) is 14.6. The number of fused-ring (bicyclic) bond motifs is 1. The number of rotatable bonds is 8. The van der Waals surface area contributed by atoms with E-state index in [1.54, 1.807) is 30.7 Å². The summed E-state index contributed by atoms with van der Waals surface area (Å²) in [5.74, 6) is -0.352. The Balaban J connectivity index is 1.53. The van der Waals surface area contributed by atoms with Crippen molar-refractivity contribution in [3.05, 3.63) is 89.9 Å². The lowest BCUT2D eigenvalue weighted by molar-refractivity contribution is 0.260. The van der Waals surface area contributed by atoms with Gasteiger partial charge in [-0.2, -0.15) is 15.5 Å². The number of anilines is 2. The van der Waals surface area contributed by atoms with E-state index >= 15 is 0 Å². The van der Waals surface area contributed by atoms with Crippen LogP contribution in [0, 0.1) is 22.6 Å². The fourth-order valence-electron chi connectivity index (χ4n) is 4.99. The van der Waals surface area contributed by atoms with Crippen LogP contribution < -0.4 is 21.6 Å². The zero-order valence-electron chi connectivity index (χ0n) is 23.7.